The van der Waals surface area contributed by atoms with E-state index in [1.54, 1.807) is 0 Å². The Morgan fingerprint density at radius 2 is 0.923 bits per heavy atom. The fourth-order valence-corrected chi connectivity index (χ4v) is 4.59. The van der Waals surface area contributed by atoms with Gasteiger partial charge in [-0.05, 0) is 41.9 Å². The van der Waals surface area contributed by atoms with Crippen molar-refractivity contribution in [3.63, 3.8) is 0 Å². The van der Waals surface area contributed by atoms with Gasteiger partial charge < -0.3 is 9.47 Å². The Morgan fingerprint density at radius 3 is 1.31 bits per heavy atom. The van der Waals surface area contributed by atoms with Crippen molar-refractivity contribution >= 4 is 0 Å². The molecule has 2 aliphatic carbocycles. The van der Waals surface area contributed by atoms with Crippen LogP contribution in [0, 0.1) is 35.5 Å². The smallest absolute Gasteiger partial charge is 0.0500 e. The summed E-state index contributed by atoms with van der Waals surface area (Å²) in [6.07, 6.45) is 1.50. The van der Waals surface area contributed by atoms with Gasteiger partial charge in [0, 0.05) is 0 Å². The summed E-state index contributed by atoms with van der Waals surface area (Å²) in [5.74, 6) is 5.47. The van der Waals surface area contributed by atoms with Gasteiger partial charge in [-0.25, -0.2) is 0 Å². The number of hydrogen-bond acceptors (Lipinski definition) is 2. The van der Waals surface area contributed by atoms with Gasteiger partial charge in [0.15, 0.2) is 0 Å². The van der Waals surface area contributed by atoms with Crippen molar-refractivity contribution in [1.29, 1.82) is 0 Å². The molecule has 13 heavy (non-hydrogen) atoms. The van der Waals surface area contributed by atoms with E-state index in [1.807, 2.05) is 0 Å². The Balaban J connectivity index is 1.78. The highest BCUT2D eigenvalue weighted by molar-refractivity contribution is 5.07. The molecule has 0 aromatic carbocycles. The fraction of sp³-hybridized carbons (Fsp3) is 1.00. The van der Waals surface area contributed by atoms with E-state index in [9.17, 15) is 0 Å². The van der Waals surface area contributed by atoms with Gasteiger partial charge in [0.25, 0.3) is 0 Å². The summed E-state index contributed by atoms with van der Waals surface area (Å²) >= 11 is 0. The van der Waals surface area contributed by atoms with Gasteiger partial charge in [0.2, 0.25) is 0 Å². The second-order valence-electron chi connectivity index (χ2n) is 5.29. The number of rotatable bonds is 0. The van der Waals surface area contributed by atoms with Crippen molar-refractivity contribution in [3.8, 4) is 0 Å². The molecule has 0 spiro atoms. The quantitative estimate of drug-likeness (QED) is 0.557. The zero-order valence-corrected chi connectivity index (χ0v) is 7.82. The van der Waals surface area contributed by atoms with Crippen LogP contribution in [-0.2, 0) is 9.47 Å². The maximum Gasteiger partial charge on any atom is 0.0500 e. The minimum Gasteiger partial charge on any atom is -0.381 e. The van der Waals surface area contributed by atoms with Crippen molar-refractivity contribution < 1.29 is 9.47 Å². The Labute approximate surface area is 78.6 Å². The summed E-state index contributed by atoms with van der Waals surface area (Å²) in [5.41, 5.74) is 0. The van der Waals surface area contributed by atoms with Crippen LogP contribution in [0.1, 0.15) is 6.42 Å². The van der Waals surface area contributed by atoms with Crippen LogP contribution in [0.5, 0.6) is 0 Å². The third kappa shape index (κ3) is 0.736. The highest BCUT2D eigenvalue weighted by Gasteiger charge is 2.60. The van der Waals surface area contributed by atoms with Gasteiger partial charge in [0.1, 0.15) is 0 Å². The van der Waals surface area contributed by atoms with E-state index < -0.39 is 0 Å². The molecule has 2 heteroatoms. The maximum atomic E-state index is 5.71. The molecule has 2 nitrogen and oxygen atoms in total. The predicted octanol–water partition coefficient (Wildman–Crippen LogP) is 1.16. The lowest BCUT2D eigenvalue weighted by Gasteiger charge is -2.47. The molecule has 4 aliphatic rings. The normalized spacial score (nSPS) is 62.8. The summed E-state index contributed by atoms with van der Waals surface area (Å²) < 4.78 is 11.4. The molecule has 2 heterocycles. The summed E-state index contributed by atoms with van der Waals surface area (Å²) in [6, 6.07) is 0. The topological polar surface area (TPSA) is 18.5 Å². The van der Waals surface area contributed by atoms with Crippen LogP contribution in [0.2, 0.25) is 0 Å². The summed E-state index contributed by atoms with van der Waals surface area (Å²) in [7, 11) is 0. The zero-order valence-electron chi connectivity index (χ0n) is 7.82. The van der Waals surface area contributed by atoms with Crippen molar-refractivity contribution in [2.45, 2.75) is 6.42 Å². The number of fused-ring (bicyclic) bond motifs is 2. The molecule has 2 aliphatic heterocycles. The Bertz CT molecular complexity index is 183. The summed E-state index contributed by atoms with van der Waals surface area (Å²) in [5, 5.41) is 0. The third-order valence-corrected chi connectivity index (χ3v) is 5.09. The van der Waals surface area contributed by atoms with Crippen LogP contribution >= 0.6 is 0 Å². The van der Waals surface area contributed by atoms with Crippen LogP contribution in [0.4, 0.5) is 0 Å². The number of ether oxygens (including phenoxy) is 2. The second kappa shape index (κ2) is 2.29. The molecule has 0 N–H and O–H groups in total. The van der Waals surface area contributed by atoms with Gasteiger partial charge in [-0.1, -0.05) is 0 Å². The molecule has 0 radical (unpaired) electrons. The summed E-state index contributed by atoms with van der Waals surface area (Å²) in [4.78, 5) is 0. The first-order valence-electron chi connectivity index (χ1n) is 5.60. The lowest BCUT2D eigenvalue weighted by Crippen LogP contribution is -2.49. The van der Waals surface area contributed by atoms with Crippen molar-refractivity contribution in [2.24, 2.45) is 35.5 Å². The molecule has 4 fully saturated rings. The largest absolute Gasteiger partial charge is 0.381 e. The second-order valence-corrected chi connectivity index (χ2v) is 5.29. The first-order valence-corrected chi connectivity index (χ1v) is 5.60. The molecule has 2 saturated heterocycles. The monoisotopic (exact) mass is 180 g/mol. The maximum absolute atomic E-state index is 5.71. The van der Waals surface area contributed by atoms with E-state index in [1.165, 1.54) is 6.42 Å². The first-order chi connectivity index (χ1) is 6.45. The zero-order chi connectivity index (χ0) is 8.41. The minimum absolute atomic E-state index is 0.861. The minimum atomic E-state index is 0.861. The Morgan fingerprint density at radius 1 is 0.538 bits per heavy atom. The Kier molecular flexibility index (Phi) is 1.28. The highest BCUT2D eigenvalue weighted by Crippen LogP contribution is 2.61. The molecule has 4 atom stereocenters. The average molecular weight is 180 g/mol. The van der Waals surface area contributed by atoms with E-state index in [0.717, 1.165) is 61.9 Å². The van der Waals surface area contributed by atoms with Gasteiger partial charge in [-0.15, -0.1) is 0 Å². The predicted molar refractivity (Wildman–Crippen MR) is 47.2 cm³/mol. The van der Waals surface area contributed by atoms with Gasteiger partial charge >= 0.3 is 0 Å². The van der Waals surface area contributed by atoms with E-state index in [4.69, 9.17) is 9.47 Å². The lowest BCUT2D eigenvalue weighted by molar-refractivity contribution is -0.138. The SMILES string of the molecule is C1OCC2C3COCC4C1C2CC43. The van der Waals surface area contributed by atoms with Crippen LogP contribution in [0.15, 0.2) is 0 Å². The van der Waals surface area contributed by atoms with Crippen LogP contribution in [-0.4, -0.2) is 26.4 Å². The van der Waals surface area contributed by atoms with Gasteiger partial charge in [-0.3, -0.25) is 0 Å². The first kappa shape index (κ1) is 7.24. The molecule has 72 valence electrons. The molecule has 2 saturated carbocycles. The Hall–Kier alpha value is -0.0800. The third-order valence-electron chi connectivity index (χ3n) is 5.09. The number of hydrogen-bond donors (Lipinski definition) is 0. The van der Waals surface area contributed by atoms with Crippen LogP contribution < -0.4 is 0 Å². The molecule has 0 amide bonds. The van der Waals surface area contributed by atoms with Gasteiger partial charge in [0.05, 0.1) is 26.4 Å². The molecule has 4 rings (SSSR count). The van der Waals surface area contributed by atoms with Gasteiger partial charge in [-0.2, -0.15) is 0 Å². The van der Waals surface area contributed by atoms with Crippen LogP contribution in [0.3, 0.4) is 0 Å². The van der Waals surface area contributed by atoms with E-state index in [2.05, 4.69) is 0 Å². The molecule has 2 bridgehead atoms. The van der Waals surface area contributed by atoms with Crippen molar-refractivity contribution in [1.82, 2.24) is 0 Å². The van der Waals surface area contributed by atoms with E-state index >= 15 is 0 Å². The molecule has 0 aromatic heterocycles. The van der Waals surface area contributed by atoms with E-state index in [-0.39, 0.29) is 0 Å². The molecular formula is C11H16O2. The lowest BCUT2D eigenvalue weighted by atomic mass is 9.67. The molecule has 4 unspecified atom stereocenters. The summed E-state index contributed by atoms with van der Waals surface area (Å²) in [6.45, 7) is 4.10. The van der Waals surface area contributed by atoms with E-state index in [0.29, 0.717) is 0 Å². The fourth-order valence-electron chi connectivity index (χ4n) is 4.59. The average Bonchev–Trinajstić information content (AvgIpc) is 2.72. The highest BCUT2D eigenvalue weighted by atomic mass is 16.5. The standard InChI is InChI=1S/C11H16O2/c1-6-8-2-12-3-10(6)11-5-13-4-9(8)7(1)11/h6-11H,1-5H2. The van der Waals surface area contributed by atoms with Crippen LogP contribution in [0.25, 0.3) is 0 Å². The molecule has 0 aromatic rings. The molecular weight excluding hydrogens is 164 g/mol. The van der Waals surface area contributed by atoms with Crippen molar-refractivity contribution in [3.05, 3.63) is 0 Å². The van der Waals surface area contributed by atoms with Crippen molar-refractivity contribution in [2.75, 3.05) is 26.4 Å².